The van der Waals surface area contributed by atoms with E-state index in [9.17, 15) is 29.4 Å². The van der Waals surface area contributed by atoms with Gasteiger partial charge < -0.3 is 26.6 Å². The van der Waals surface area contributed by atoms with Crippen LogP contribution in [0.1, 0.15) is 35.4 Å². The molecule has 0 saturated carbocycles. The van der Waals surface area contributed by atoms with E-state index in [4.69, 9.17) is 5.73 Å². The molecule has 3 atom stereocenters. The summed E-state index contributed by atoms with van der Waals surface area (Å²) in [5.74, 6) is -2.29. The molecule has 15 heteroatoms. The topological polar surface area (TPSA) is 204 Å². The number of nitrogens with two attached hydrogens (primary N) is 1. The van der Waals surface area contributed by atoms with Crippen molar-refractivity contribution in [3.63, 3.8) is 0 Å². The van der Waals surface area contributed by atoms with Gasteiger partial charge >= 0.3 is 5.97 Å². The summed E-state index contributed by atoms with van der Waals surface area (Å²) < 4.78 is 0. The summed E-state index contributed by atoms with van der Waals surface area (Å²) in [6.45, 7) is 2.40. The van der Waals surface area contributed by atoms with Gasteiger partial charge in [-0.25, -0.2) is 4.79 Å². The second kappa shape index (κ2) is 11.2. The number of carbonyl (C=O) groups excluding carboxylic acids is 3. The second-order valence-electron chi connectivity index (χ2n) is 8.24. The van der Waals surface area contributed by atoms with Gasteiger partial charge in [0, 0.05) is 18.1 Å². The number of benzene rings is 1. The maximum Gasteiger partial charge on any atom is 0.352 e. The number of β-lactam (4-membered cyclic amide) rings is 1. The molecule has 2 aromatic rings. The summed E-state index contributed by atoms with van der Waals surface area (Å²) in [6, 6.07) is 3.83. The Labute approximate surface area is 219 Å². The van der Waals surface area contributed by atoms with E-state index in [0.717, 1.165) is 18.2 Å². The number of carbonyl (C=O) groups is 4. The molecule has 13 nitrogen and oxygen atoms in total. The van der Waals surface area contributed by atoms with Crippen LogP contribution in [0.3, 0.4) is 0 Å². The molecule has 7 N–H and O–H groups in total. The first-order valence-electron chi connectivity index (χ1n) is 11.3. The minimum atomic E-state index is -1.26. The highest BCUT2D eigenvalue weighted by Crippen LogP contribution is 2.41. The number of phenolic OH excluding ortho intramolecular Hbond substituents is 1. The average Bonchev–Trinajstić information content (AvgIpc) is 3.37. The third-order valence-electron chi connectivity index (χ3n) is 5.73. The molecule has 0 aliphatic carbocycles. The Hall–Kier alpha value is -3.56. The van der Waals surface area contributed by atoms with Crippen LogP contribution < -0.4 is 16.4 Å². The Balaban J connectivity index is 1.43. The highest BCUT2D eigenvalue weighted by Gasteiger charge is 2.54. The number of aromatic amines is 1. The number of nitrogens with one attached hydrogen (secondary N) is 3. The number of aromatic nitrogens is 3. The molecular formula is C22H25N7O6S2. The molecule has 196 valence electrons. The fourth-order valence-electron chi connectivity index (χ4n) is 3.82. The smallest absolute Gasteiger partial charge is 0.352 e. The number of nitrogens with zero attached hydrogens (tertiary/aromatic N) is 3. The number of hydrogen-bond acceptors (Lipinski definition) is 10. The maximum atomic E-state index is 12.9. The lowest BCUT2D eigenvalue weighted by Gasteiger charge is -2.49. The molecule has 1 aromatic carbocycles. The molecule has 2 unspecified atom stereocenters. The Morgan fingerprint density at radius 1 is 1.30 bits per heavy atom. The second-order valence-corrected chi connectivity index (χ2v) is 10.3. The van der Waals surface area contributed by atoms with Crippen LogP contribution in [0.15, 0.2) is 40.6 Å². The number of aliphatic carboxylic acids is 1. The lowest BCUT2D eigenvalue weighted by molar-refractivity contribution is -0.150. The summed E-state index contributed by atoms with van der Waals surface area (Å²) >= 11 is 2.47. The summed E-state index contributed by atoms with van der Waals surface area (Å²) in [6.07, 6.45) is 0.757. The third-order valence-corrected chi connectivity index (χ3v) is 8.12. The molecular weight excluding hydrogens is 522 g/mol. The van der Waals surface area contributed by atoms with Crippen LogP contribution in [0.4, 0.5) is 0 Å². The van der Waals surface area contributed by atoms with Gasteiger partial charge in [-0.15, -0.1) is 22.0 Å². The van der Waals surface area contributed by atoms with Crippen LogP contribution in [-0.2, 0) is 14.4 Å². The largest absolute Gasteiger partial charge is 0.508 e. The van der Waals surface area contributed by atoms with Crippen molar-refractivity contribution in [3.8, 4) is 5.75 Å². The van der Waals surface area contributed by atoms with Gasteiger partial charge in [0.2, 0.25) is 5.91 Å². The highest BCUT2D eigenvalue weighted by atomic mass is 32.2. The number of carboxylic acids is 1. The quantitative estimate of drug-likeness (QED) is 0.175. The van der Waals surface area contributed by atoms with Gasteiger partial charge in [-0.1, -0.05) is 30.8 Å². The van der Waals surface area contributed by atoms with E-state index in [1.807, 2.05) is 6.92 Å². The van der Waals surface area contributed by atoms with Gasteiger partial charge in [-0.05, 0) is 29.7 Å². The lowest BCUT2D eigenvalue weighted by Crippen LogP contribution is -2.71. The maximum absolute atomic E-state index is 12.9. The van der Waals surface area contributed by atoms with Gasteiger partial charge in [0.1, 0.15) is 28.9 Å². The van der Waals surface area contributed by atoms with E-state index in [2.05, 4.69) is 26.0 Å². The molecule has 2 aliphatic heterocycles. The Bertz CT molecular complexity index is 1250. The van der Waals surface area contributed by atoms with Crippen molar-refractivity contribution in [3.05, 3.63) is 46.8 Å². The Morgan fingerprint density at radius 3 is 2.70 bits per heavy atom. The van der Waals surface area contributed by atoms with Crippen molar-refractivity contribution < 1.29 is 29.4 Å². The zero-order chi connectivity index (χ0) is 26.7. The Kier molecular flexibility index (Phi) is 8.04. The summed E-state index contributed by atoms with van der Waals surface area (Å²) in [5.41, 5.74) is 6.91. The van der Waals surface area contributed by atoms with E-state index in [-0.39, 0.29) is 28.8 Å². The number of thioether (sulfide) groups is 2. The van der Waals surface area contributed by atoms with Gasteiger partial charge in [0.15, 0.2) is 10.7 Å². The zero-order valence-electron chi connectivity index (χ0n) is 19.6. The first kappa shape index (κ1) is 26.5. The van der Waals surface area contributed by atoms with Gasteiger partial charge in [-0.2, -0.15) is 5.21 Å². The number of fused-ring (bicyclic) bond motifs is 1. The van der Waals surface area contributed by atoms with Crippen LogP contribution in [0.2, 0.25) is 0 Å². The van der Waals surface area contributed by atoms with E-state index < -0.39 is 35.2 Å². The number of phenols is 1. The molecule has 0 radical (unpaired) electrons. The first-order chi connectivity index (χ1) is 17.7. The van der Waals surface area contributed by atoms with Crippen molar-refractivity contribution in [1.82, 2.24) is 30.9 Å². The number of hydrogen-bond donors (Lipinski definition) is 6. The van der Waals surface area contributed by atoms with Crippen LogP contribution >= 0.6 is 23.5 Å². The molecule has 1 fully saturated rings. The van der Waals surface area contributed by atoms with E-state index in [1.54, 1.807) is 0 Å². The van der Waals surface area contributed by atoms with E-state index >= 15 is 0 Å². The van der Waals surface area contributed by atoms with Crippen molar-refractivity contribution >= 4 is 47.2 Å². The summed E-state index contributed by atoms with van der Waals surface area (Å²) in [7, 11) is 0. The van der Waals surface area contributed by atoms with Crippen molar-refractivity contribution in [2.75, 3.05) is 18.1 Å². The number of amides is 3. The van der Waals surface area contributed by atoms with Crippen LogP contribution in [0.5, 0.6) is 5.75 Å². The number of aromatic hydroxyl groups is 1. The standard InChI is InChI=1S/C22H25N7O6S2/c1-2-7-24-18(32)14-19(27-28-26-14)36-8-11-9-37-21-15(20(33)29(21)16(11)22(34)35)25-17(31)13(23)10-3-5-12(30)6-4-10/h3-6,13,15,21,30H,2,7-9,23H2,1H3,(H,24,32)(H,25,31)(H,34,35)(H,26,27,28)/t13?,15?,21-/m1/s1. The van der Waals surface area contributed by atoms with Gasteiger partial charge in [0.05, 0.1) is 0 Å². The Morgan fingerprint density at radius 2 is 2.03 bits per heavy atom. The van der Waals surface area contributed by atoms with Crippen LogP contribution in [0, 0.1) is 0 Å². The zero-order valence-corrected chi connectivity index (χ0v) is 21.3. The molecule has 0 bridgehead atoms. The molecule has 1 saturated heterocycles. The third kappa shape index (κ3) is 5.42. The van der Waals surface area contributed by atoms with Crippen LogP contribution in [0.25, 0.3) is 0 Å². The fourth-order valence-corrected chi connectivity index (χ4v) is 6.22. The molecule has 3 amide bonds. The SMILES string of the molecule is CCCNC(=O)c1n[nH]nc1SCC1=C(C(=O)O)N2C(=O)C(NC(=O)C(N)c3ccc(O)cc3)[C@H]2SC1. The predicted molar refractivity (Wildman–Crippen MR) is 134 cm³/mol. The monoisotopic (exact) mass is 547 g/mol. The summed E-state index contributed by atoms with van der Waals surface area (Å²) in [5, 5.41) is 34.6. The van der Waals surface area contributed by atoms with E-state index in [0.29, 0.717) is 28.5 Å². The minimum absolute atomic E-state index is 0.0289. The van der Waals surface area contributed by atoms with Crippen molar-refractivity contribution in [2.45, 2.75) is 35.8 Å². The highest BCUT2D eigenvalue weighted by molar-refractivity contribution is 8.01. The fraction of sp³-hybridized carbons (Fsp3) is 0.364. The van der Waals surface area contributed by atoms with Gasteiger partial charge in [0.25, 0.3) is 11.8 Å². The molecule has 1 aromatic heterocycles. The average molecular weight is 548 g/mol. The minimum Gasteiger partial charge on any atom is -0.508 e. The van der Waals surface area contributed by atoms with Crippen LogP contribution in [-0.4, -0.2) is 83.7 Å². The van der Waals surface area contributed by atoms with Crippen molar-refractivity contribution in [2.24, 2.45) is 5.73 Å². The van der Waals surface area contributed by atoms with Crippen molar-refractivity contribution in [1.29, 1.82) is 0 Å². The number of carboxylic acid groups (broad SMARTS) is 1. The number of H-pyrrole nitrogens is 1. The summed E-state index contributed by atoms with van der Waals surface area (Å²) in [4.78, 5) is 51.1. The molecule has 4 rings (SSSR count). The van der Waals surface area contributed by atoms with Gasteiger partial charge in [-0.3, -0.25) is 19.3 Å². The molecule has 37 heavy (non-hydrogen) atoms. The normalized spacial score (nSPS) is 19.6. The molecule has 0 spiro atoms. The predicted octanol–water partition coefficient (Wildman–Crippen LogP) is 0.181. The first-order valence-corrected chi connectivity index (χ1v) is 13.3. The molecule has 3 heterocycles. The van der Waals surface area contributed by atoms with E-state index in [1.165, 1.54) is 40.9 Å². The number of rotatable bonds is 10. The lowest BCUT2D eigenvalue weighted by atomic mass is 10.0. The molecule has 2 aliphatic rings.